The molecule has 0 unspecified atom stereocenters. The van der Waals surface area contributed by atoms with Crippen LogP contribution in [0.5, 0.6) is 0 Å². The van der Waals surface area contributed by atoms with Crippen LogP contribution in [-0.2, 0) is 11.3 Å². The number of hydrogen-bond donors (Lipinski definition) is 1. The van der Waals surface area contributed by atoms with Gasteiger partial charge in [0.05, 0.1) is 6.61 Å². The van der Waals surface area contributed by atoms with E-state index in [0.717, 1.165) is 30.9 Å². The number of halogens is 1. The maximum Gasteiger partial charge on any atom is 0.129 e. The van der Waals surface area contributed by atoms with Crippen LogP contribution < -0.4 is 10.2 Å². The Hall–Kier alpha value is -1.13. The second-order valence-corrected chi connectivity index (χ2v) is 4.95. The topological polar surface area (TPSA) is 24.5 Å². The van der Waals surface area contributed by atoms with Crippen LogP contribution in [0, 0.1) is 5.82 Å². The third-order valence-electron chi connectivity index (χ3n) is 3.58. The molecule has 0 aromatic heterocycles. The average Bonchev–Trinajstić information content (AvgIpc) is 2.46. The van der Waals surface area contributed by atoms with Gasteiger partial charge in [0.2, 0.25) is 0 Å². The summed E-state index contributed by atoms with van der Waals surface area (Å²) in [6, 6.07) is 5.38. The maximum absolute atomic E-state index is 14.0. The van der Waals surface area contributed by atoms with Crippen molar-refractivity contribution in [1.82, 2.24) is 5.32 Å². The molecule has 106 valence electrons. The molecule has 19 heavy (non-hydrogen) atoms. The lowest BCUT2D eigenvalue weighted by Crippen LogP contribution is -2.31. The molecule has 1 aromatic rings. The Balaban J connectivity index is 2.06. The quantitative estimate of drug-likeness (QED) is 0.801. The smallest absolute Gasteiger partial charge is 0.129 e. The van der Waals surface area contributed by atoms with Crippen molar-refractivity contribution < 1.29 is 9.13 Å². The first-order chi connectivity index (χ1) is 9.33. The molecule has 1 aromatic carbocycles. The van der Waals surface area contributed by atoms with E-state index in [1.54, 1.807) is 19.2 Å². The van der Waals surface area contributed by atoms with Crippen LogP contribution in [0.3, 0.4) is 0 Å². The number of hydrogen-bond acceptors (Lipinski definition) is 3. The lowest BCUT2D eigenvalue weighted by Gasteiger charge is -2.30. The van der Waals surface area contributed by atoms with Crippen molar-refractivity contribution in [1.29, 1.82) is 0 Å². The largest absolute Gasteiger partial charge is 0.383 e. The molecule has 0 bridgehead atoms. The van der Waals surface area contributed by atoms with Gasteiger partial charge in [0, 0.05) is 44.5 Å². The van der Waals surface area contributed by atoms with Gasteiger partial charge < -0.3 is 15.0 Å². The first-order valence-electron chi connectivity index (χ1n) is 7.05. The van der Waals surface area contributed by atoms with Crippen LogP contribution in [0.15, 0.2) is 18.2 Å². The third-order valence-corrected chi connectivity index (χ3v) is 3.58. The minimum atomic E-state index is -0.118. The lowest BCUT2D eigenvalue weighted by atomic mass is 10.1. The molecule has 0 amide bonds. The van der Waals surface area contributed by atoms with Gasteiger partial charge >= 0.3 is 0 Å². The zero-order valence-corrected chi connectivity index (χ0v) is 11.6. The van der Waals surface area contributed by atoms with Crippen molar-refractivity contribution in [2.75, 3.05) is 38.3 Å². The van der Waals surface area contributed by atoms with Gasteiger partial charge in [-0.15, -0.1) is 0 Å². The Labute approximate surface area is 114 Å². The first kappa shape index (κ1) is 14.3. The first-order valence-corrected chi connectivity index (χ1v) is 7.05. The molecule has 0 spiro atoms. The molecule has 1 aliphatic rings. The number of nitrogens with zero attached hydrogens (tertiary/aromatic N) is 1. The zero-order chi connectivity index (χ0) is 13.5. The number of methoxy groups -OCH3 is 1. The molecule has 1 aliphatic heterocycles. The van der Waals surface area contributed by atoms with Gasteiger partial charge in [-0.25, -0.2) is 4.39 Å². The Morgan fingerprint density at radius 2 is 2.05 bits per heavy atom. The summed E-state index contributed by atoms with van der Waals surface area (Å²) in [7, 11) is 1.67. The SMILES string of the molecule is COCCNCc1c(F)cccc1N1CCCCC1. The molecule has 0 radical (unpaired) electrons. The second-order valence-electron chi connectivity index (χ2n) is 4.95. The van der Waals surface area contributed by atoms with Crippen LogP contribution in [0.2, 0.25) is 0 Å². The van der Waals surface area contributed by atoms with Gasteiger partial charge in [0.1, 0.15) is 5.82 Å². The van der Waals surface area contributed by atoms with E-state index in [0.29, 0.717) is 13.2 Å². The van der Waals surface area contributed by atoms with Gasteiger partial charge in [-0.3, -0.25) is 0 Å². The molecule has 2 rings (SSSR count). The highest BCUT2D eigenvalue weighted by molar-refractivity contribution is 5.54. The maximum atomic E-state index is 14.0. The summed E-state index contributed by atoms with van der Waals surface area (Å²) in [4.78, 5) is 2.31. The van der Waals surface area contributed by atoms with Crippen molar-refractivity contribution in [2.45, 2.75) is 25.8 Å². The molecular weight excluding hydrogens is 243 g/mol. The Morgan fingerprint density at radius 1 is 1.26 bits per heavy atom. The summed E-state index contributed by atoms with van der Waals surface area (Å²) in [6.45, 7) is 4.02. The third kappa shape index (κ3) is 3.91. The number of benzene rings is 1. The van der Waals surface area contributed by atoms with Crippen molar-refractivity contribution >= 4 is 5.69 Å². The minimum absolute atomic E-state index is 0.118. The fraction of sp³-hybridized carbons (Fsp3) is 0.600. The minimum Gasteiger partial charge on any atom is -0.383 e. The molecule has 0 aliphatic carbocycles. The van der Waals surface area contributed by atoms with Gasteiger partial charge in [-0.2, -0.15) is 0 Å². The summed E-state index contributed by atoms with van der Waals surface area (Å²) in [5.41, 5.74) is 1.82. The summed E-state index contributed by atoms with van der Waals surface area (Å²) >= 11 is 0. The highest BCUT2D eigenvalue weighted by atomic mass is 19.1. The monoisotopic (exact) mass is 266 g/mol. The van der Waals surface area contributed by atoms with E-state index in [9.17, 15) is 4.39 Å². The van der Waals surface area contributed by atoms with E-state index in [1.807, 2.05) is 6.07 Å². The fourth-order valence-corrected chi connectivity index (χ4v) is 2.54. The van der Waals surface area contributed by atoms with Crippen LogP contribution >= 0.6 is 0 Å². The number of piperidine rings is 1. The molecule has 1 N–H and O–H groups in total. The van der Waals surface area contributed by atoms with Gasteiger partial charge in [0.15, 0.2) is 0 Å². The van der Waals surface area contributed by atoms with Gasteiger partial charge in [-0.1, -0.05) is 6.07 Å². The van der Waals surface area contributed by atoms with Crippen LogP contribution in [0.25, 0.3) is 0 Å². The van der Waals surface area contributed by atoms with Crippen LogP contribution in [-0.4, -0.2) is 33.4 Å². The number of anilines is 1. The molecule has 1 fully saturated rings. The number of nitrogens with one attached hydrogen (secondary N) is 1. The van der Waals surface area contributed by atoms with E-state index >= 15 is 0 Å². The molecule has 1 heterocycles. The fourth-order valence-electron chi connectivity index (χ4n) is 2.54. The van der Waals surface area contributed by atoms with E-state index in [1.165, 1.54) is 19.3 Å². The second kappa shape index (κ2) is 7.46. The molecular formula is C15H23FN2O. The average molecular weight is 266 g/mol. The zero-order valence-electron chi connectivity index (χ0n) is 11.6. The molecule has 0 saturated carbocycles. The molecule has 3 nitrogen and oxygen atoms in total. The van der Waals surface area contributed by atoms with E-state index in [-0.39, 0.29) is 5.82 Å². The highest BCUT2D eigenvalue weighted by Gasteiger charge is 2.16. The van der Waals surface area contributed by atoms with E-state index < -0.39 is 0 Å². The van der Waals surface area contributed by atoms with E-state index in [4.69, 9.17) is 4.74 Å². The molecule has 0 atom stereocenters. The summed E-state index contributed by atoms with van der Waals surface area (Å²) < 4.78 is 19.0. The van der Waals surface area contributed by atoms with Crippen molar-refractivity contribution in [3.8, 4) is 0 Å². The molecule has 4 heteroatoms. The summed E-state index contributed by atoms with van der Waals surface area (Å²) in [5.74, 6) is -0.118. The standard InChI is InChI=1S/C15H23FN2O/c1-19-11-8-17-12-13-14(16)6-5-7-15(13)18-9-3-2-4-10-18/h5-7,17H,2-4,8-12H2,1H3. The van der Waals surface area contributed by atoms with Crippen LogP contribution in [0.1, 0.15) is 24.8 Å². The predicted molar refractivity (Wildman–Crippen MR) is 76.0 cm³/mol. The number of ether oxygens (including phenoxy) is 1. The van der Waals surface area contributed by atoms with Gasteiger partial charge in [0.25, 0.3) is 0 Å². The highest BCUT2D eigenvalue weighted by Crippen LogP contribution is 2.26. The van der Waals surface area contributed by atoms with Crippen molar-refractivity contribution in [3.05, 3.63) is 29.6 Å². The Bertz CT molecular complexity index is 392. The van der Waals surface area contributed by atoms with Crippen LogP contribution in [0.4, 0.5) is 10.1 Å². The normalized spacial score (nSPS) is 15.8. The van der Waals surface area contributed by atoms with Crippen molar-refractivity contribution in [2.24, 2.45) is 0 Å². The summed E-state index contributed by atoms with van der Waals surface area (Å²) in [5, 5.41) is 3.23. The van der Waals surface area contributed by atoms with E-state index in [2.05, 4.69) is 10.2 Å². The Kier molecular flexibility index (Phi) is 5.61. The Morgan fingerprint density at radius 3 is 2.79 bits per heavy atom. The summed E-state index contributed by atoms with van der Waals surface area (Å²) in [6.07, 6.45) is 3.69. The predicted octanol–water partition coefficient (Wildman–Crippen LogP) is 2.55. The van der Waals surface area contributed by atoms with Gasteiger partial charge in [-0.05, 0) is 31.4 Å². The lowest BCUT2D eigenvalue weighted by molar-refractivity contribution is 0.199. The molecule has 1 saturated heterocycles. The van der Waals surface area contributed by atoms with Crippen molar-refractivity contribution in [3.63, 3.8) is 0 Å². The number of rotatable bonds is 6.